The molecule has 0 aromatic heterocycles. The summed E-state index contributed by atoms with van der Waals surface area (Å²) in [4.78, 5) is 51.8. The van der Waals surface area contributed by atoms with Crippen LogP contribution in [0, 0.1) is 11.3 Å². The van der Waals surface area contributed by atoms with E-state index in [2.05, 4.69) is 0 Å². The molecule has 1 fully saturated rings. The number of ketones is 1. The molecule has 1 aromatic carbocycles. The van der Waals surface area contributed by atoms with Crippen molar-refractivity contribution in [3.63, 3.8) is 0 Å². The van der Waals surface area contributed by atoms with Gasteiger partial charge in [0.1, 0.15) is 5.78 Å². The highest BCUT2D eigenvalue weighted by Gasteiger charge is 2.57. The first-order valence-corrected chi connectivity index (χ1v) is 11.1. The molecule has 2 rings (SSSR count). The largest absolute Gasteiger partial charge is 0.466 e. The van der Waals surface area contributed by atoms with Gasteiger partial charge in [-0.2, -0.15) is 0 Å². The van der Waals surface area contributed by atoms with Crippen LogP contribution in [0.2, 0.25) is 0 Å². The fourth-order valence-electron chi connectivity index (χ4n) is 3.68. The van der Waals surface area contributed by atoms with E-state index in [1.165, 1.54) is 24.9 Å². The summed E-state index contributed by atoms with van der Waals surface area (Å²) >= 11 is 1.32. The number of ether oxygens (including phenoxy) is 3. The topological polar surface area (TPSA) is 96.0 Å². The molecule has 0 bridgehead atoms. The molecule has 1 atom stereocenters. The zero-order chi connectivity index (χ0) is 22.9. The molecular formula is C23H28O7S. The quantitative estimate of drug-likeness (QED) is 0.185. The molecule has 7 nitrogen and oxygen atoms in total. The Kier molecular flexibility index (Phi) is 9.30. The van der Waals surface area contributed by atoms with Gasteiger partial charge in [-0.05, 0) is 49.6 Å². The summed E-state index contributed by atoms with van der Waals surface area (Å²) in [5.41, 5.74) is -1.59. The maximum absolute atomic E-state index is 13.0. The van der Waals surface area contributed by atoms with Gasteiger partial charge in [0.2, 0.25) is 0 Å². The average Bonchev–Trinajstić information content (AvgIpc) is 2.75. The smallest absolute Gasteiger partial charge is 0.331 e. The lowest BCUT2D eigenvalue weighted by atomic mass is 9.64. The molecule has 1 aliphatic rings. The summed E-state index contributed by atoms with van der Waals surface area (Å²) in [6.07, 6.45) is 1.62. The SMILES string of the molecule is CCOC(=O)C1(C(=O)OCC)CCC(=O)CC1C/C(=C\C(=O)OC)Sc1ccccc1. The second kappa shape index (κ2) is 11.7. The molecule has 0 amide bonds. The third-order valence-electron chi connectivity index (χ3n) is 5.17. The van der Waals surface area contributed by atoms with Gasteiger partial charge in [0.15, 0.2) is 5.41 Å². The number of Topliss-reactive ketones (excluding diaryl/α,β-unsaturated/α-hetero) is 1. The number of thioether (sulfide) groups is 1. The van der Waals surface area contributed by atoms with Crippen LogP contribution in [0.25, 0.3) is 0 Å². The average molecular weight is 449 g/mol. The van der Waals surface area contributed by atoms with E-state index >= 15 is 0 Å². The highest BCUT2D eigenvalue weighted by molar-refractivity contribution is 8.03. The summed E-state index contributed by atoms with van der Waals surface area (Å²) in [5.74, 6) is -2.67. The molecule has 1 unspecified atom stereocenters. The van der Waals surface area contributed by atoms with Crippen molar-refractivity contribution < 1.29 is 33.4 Å². The minimum Gasteiger partial charge on any atom is -0.466 e. The van der Waals surface area contributed by atoms with Crippen molar-refractivity contribution >= 4 is 35.5 Å². The molecule has 0 heterocycles. The molecule has 1 aliphatic carbocycles. The molecule has 0 aliphatic heterocycles. The van der Waals surface area contributed by atoms with Crippen LogP contribution in [0.1, 0.15) is 39.5 Å². The lowest BCUT2D eigenvalue weighted by molar-refractivity contribution is -0.180. The van der Waals surface area contributed by atoms with E-state index in [1.807, 2.05) is 30.3 Å². The second-order valence-corrected chi connectivity index (χ2v) is 8.30. The Morgan fingerprint density at radius 1 is 1.10 bits per heavy atom. The maximum Gasteiger partial charge on any atom is 0.331 e. The first kappa shape index (κ1) is 24.7. The number of rotatable bonds is 9. The van der Waals surface area contributed by atoms with Crippen LogP contribution in [0.3, 0.4) is 0 Å². The third kappa shape index (κ3) is 6.19. The summed E-state index contributed by atoms with van der Waals surface area (Å²) in [7, 11) is 1.27. The first-order valence-electron chi connectivity index (χ1n) is 10.2. The molecule has 8 heteroatoms. The van der Waals surface area contributed by atoms with E-state index in [-0.39, 0.29) is 44.7 Å². The van der Waals surface area contributed by atoms with Gasteiger partial charge in [0.05, 0.1) is 20.3 Å². The van der Waals surface area contributed by atoms with Gasteiger partial charge in [-0.25, -0.2) is 4.79 Å². The molecule has 168 valence electrons. The molecule has 0 saturated heterocycles. The van der Waals surface area contributed by atoms with E-state index in [0.717, 1.165) is 4.90 Å². The number of methoxy groups -OCH3 is 1. The minimum atomic E-state index is -1.59. The van der Waals surface area contributed by atoms with Crippen LogP contribution in [0.15, 0.2) is 46.2 Å². The van der Waals surface area contributed by atoms with Gasteiger partial charge in [-0.3, -0.25) is 14.4 Å². The number of carbonyl (C=O) groups is 4. The predicted molar refractivity (Wildman–Crippen MR) is 115 cm³/mol. The Morgan fingerprint density at radius 2 is 1.71 bits per heavy atom. The lowest BCUT2D eigenvalue weighted by Gasteiger charge is -2.39. The van der Waals surface area contributed by atoms with Gasteiger partial charge in [-0.1, -0.05) is 30.0 Å². The number of benzene rings is 1. The van der Waals surface area contributed by atoms with Gasteiger partial charge in [0.25, 0.3) is 0 Å². The van der Waals surface area contributed by atoms with Crippen molar-refractivity contribution in [2.45, 2.75) is 44.4 Å². The fourth-order valence-corrected chi connectivity index (χ4v) is 4.72. The number of carbonyl (C=O) groups excluding carboxylic acids is 4. The molecule has 0 spiro atoms. The Balaban J connectivity index is 2.46. The standard InChI is InChI=1S/C23H28O7S/c1-4-29-21(26)23(22(27)30-5-2)12-11-17(24)13-16(23)14-19(15-20(25)28-3)31-18-9-7-6-8-10-18/h6-10,15-16H,4-5,11-14H2,1-3H3/b19-15+. The van der Waals surface area contributed by atoms with Crippen LogP contribution in [-0.4, -0.2) is 44.0 Å². The Bertz CT molecular complexity index is 814. The molecule has 0 radical (unpaired) electrons. The number of hydrogen-bond donors (Lipinski definition) is 0. The normalized spacial score (nSPS) is 18.2. The molecular weight excluding hydrogens is 420 g/mol. The first-order chi connectivity index (χ1) is 14.9. The van der Waals surface area contributed by atoms with Gasteiger partial charge in [-0.15, -0.1) is 0 Å². The van der Waals surface area contributed by atoms with Crippen LogP contribution in [0.5, 0.6) is 0 Å². The van der Waals surface area contributed by atoms with Crippen molar-refractivity contribution in [2.24, 2.45) is 11.3 Å². The second-order valence-electron chi connectivity index (χ2n) is 7.11. The molecule has 1 saturated carbocycles. The van der Waals surface area contributed by atoms with Gasteiger partial charge in [0, 0.05) is 23.8 Å². The van der Waals surface area contributed by atoms with Crippen molar-refractivity contribution in [1.29, 1.82) is 0 Å². The van der Waals surface area contributed by atoms with Crippen molar-refractivity contribution in [1.82, 2.24) is 0 Å². The third-order valence-corrected chi connectivity index (χ3v) is 6.22. The van der Waals surface area contributed by atoms with Crippen molar-refractivity contribution in [3.05, 3.63) is 41.3 Å². The van der Waals surface area contributed by atoms with E-state index in [9.17, 15) is 19.2 Å². The Morgan fingerprint density at radius 3 is 2.26 bits per heavy atom. The number of esters is 3. The zero-order valence-electron chi connectivity index (χ0n) is 18.1. The highest BCUT2D eigenvalue weighted by atomic mass is 32.2. The maximum atomic E-state index is 13.0. The van der Waals surface area contributed by atoms with Crippen LogP contribution in [0.4, 0.5) is 0 Å². The molecule has 31 heavy (non-hydrogen) atoms. The fraction of sp³-hybridized carbons (Fsp3) is 0.478. The lowest BCUT2D eigenvalue weighted by Crippen LogP contribution is -2.51. The van der Waals surface area contributed by atoms with E-state index < -0.39 is 29.2 Å². The summed E-state index contributed by atoms with van der Waals surface area (Å²) in [5, 5.41) is 0. The van der Waals surface area contributed by atoms with E-state index in [4.69, 9.17) is 14.2 Å². The number of hydrogen-bond acceptors (Lipinski definition) is 8. The Labute approximate surface area is 186 Å². The number of allylic oxidation sites excluding steroid dienone is 1. The predicted octanol–water partition coefficient (Wildman–Crippen LogP) is 3.71. The highest BCUT2D eigenvalue weighted by Crippen LogP contribution is 2.47. The summed E-state index contributed by atoms with van der Waals surface area (Å²) in [6.45, 7) is 3.52. The van der Waals surface area contributed by atoms with Crippen LogP contribution < -0.4 is 0 Å². The minimum absolute atomic E-state index is 0.0193. The summed E-state index contributed by atoms with van der Waals surface area (Å²) in [6, 6.07) is 9.37. The van der Waals surface area contributed by atoms with E-state index in [1.54, 1.807) is 13.8 Å². The van der Waals surface area contributed by atoms with Gasteiger partial charge >= 0.3 is 17.9 Å². The van der Waals surface area contributed by atoms with Gasteiger partial charge < -0.3 is 14.2 Å². The van der Waals surface area contributed by atoms with Crippen molar-refractivity contribution in [3.8, 4) is 0 Å². The summed E-state index contributed by atoms with van der Waals surface area (Å²) < 4.78 is 15.3. The van der Waals surface area contributed by atoms with Crippen molar-refractivity contribution in [2.75, 3.05) is 20.3 Å². The van der Waals surface area contributed by atoms with Crippen LogP contribution >= 0.6 is 11.8 Å². The Hall–Kier alpha value is -2.61. The van der Waals surface area contributed by atoms with Crippen LogP contribution in [-0.2, 0) is 33.4 Å². The monoisotopic (exact) mass is 448 g/mol. The molecule has 0 N–H and O–H groups in total. The zero-order valence-corrected chi connectivity index (χ0v) is 18.9. The molecule has 1 aromatic rings. The van der Waals surface area contributed by atoms with E-state index in [0.29, 0.717) is 4.91 Å².